The highest BCUT2D eigenvalue weighted by Gasteiger charge is 2.41. The number of aromatic nitrogens is 2. The molecule has 1 fully saturated rings. The zero-order valence-electron chi connectivity index (χ0n) is 18.5. The molecule has 0 saturated heterocycles. The molecule has 3 unspecified atom stereocenters. The second kappa shape index (κ2) is 8.94. The Morgan fingerprint density at radius 2 is 2.09 bits per heavy atom. The van der Waals surface area contributed by atoms with Crippen LogP contribution in [0.1, 0.15) is 37.2 Å². The standard InChI is InChI=1S/C25H28N4O3S/c1-28-22-14-18(9-10-20(22)19-7-2-3-8-21(19)23(28)24(30)31)32-15-27-16-5-4-6-17(13-16)29-12-11-26-25(29)33/h4-6,9-14,19,21,23,27H,2-3,7-8,15H2,1H3,(H,26,33)(H,30,31)/p-1. The van der Waals surface area contributed by atoms with E-state index in [1.165, 1.54) is 5.56 Å². The third-order valence-corrected chi connectivity index (χ3v) is 7.27. The monoisotopic (exact) mass is 463 g/mol. The summed E-state index contributed by atoms with van der Waals surface area (Å²) in [6.07, 6.45) is 7.87. The highest BCUT2D eigenvalue weighted by Crippen LogP contribution is 2.49. The number of benzene rings is 2. The molecule has 1 saturated carbocycles. The van der Waals surface area contributed by atoms with Crippen molar-refractivity contribution in [3.63, 3.8) is 0 Å². The first-order chi connectivity index (χ1) is 16.0. The van der Waals surface area contributed by atoms with E-state index in [1.54, 1.807) is 6.20 Å². The van der Waals surface area contributed by atoms with Gasteiger partial charge in [-0.3, -0.25) is 4.57 Å². The number of hydrogen-bond donors (Lipinski definition) is 2. The number of carbonyl (C=O) groups is 1. The van der Waals surface area contributed by atoms with Gasteiger partial charge in [-0.2, -0.15) is 0 Å². The molecule has 1 aromatic heterocycles. The minimum Gasteiger partial charge on any atom is -0.548 e. The first-order valence-electron chi connectivity index (χ1n) is 11.3. The van der Waals surface area contributed by atoms with Gasteiger partial charge >= 0.3 is 0 Å². The molecule has 2 heterocycles. The number of nitrogens with one attached hydrogen (secondary N) is 2. The van der Waals surface area contributed by atoms with Crippen LogP contribution in [0.5, 0.6) is 5.75 Å². The van der Waals surface area contributed by atoms with Gasteiger partial charge in [-0.1, -0.05) is 25.0 Å². The van der Waals surface area contributed by atoms with Gasteiger partial charge in [0.1, 0.15) is 5.75 Å². The first-order valence-corrected chi connectivity index (χ1v) is 11.7. The van der Waals surface area contributed by atoms with Gasteiger partial charge in [0.05, 0.1) is 12.0 Å². The summed E-state index contributed by atoms with van der Waals surface area (Å²) in [7, 11) is 1.85. The fraction of sp³-hybridized carbons (Fsp3) is 0.360. The highest BCUT2D eigenvalue weighted by molar-refractivity contribution is 7.71. The Bertz CT molecular complexity index is 1220. The molecule has 1 aliphatic carbocycles. The molecule has 3 atom stereocenters. The van der Waals surface area contributed by atoms with Crippen molar-refractivity contribution in [2.24, 2.45) is 5.92 Å². The summed E-state index contributed by atoms with van der Waals surface area (Å²) in [6, 6.07) is 13.4. The average Bonchev–Trinajstić information content (AvgIpc) is 3.25. The SMILES string of the molecule is CN1c2cc(OCNc3cccc(-n4cc[nH]c4=S)c3)ccc2C2CCCCC2C1C(=O)[O-]. The van der Waals surface area contributed by atoms with Crippen molar-refractivity contribution < 1.29 is 14.6 Å². The Balaban J connectivity index is 1.31. The van der Waals surface area contributed by atoms with Crippen molar-refractivity contribution in [2.75, 3.05) is 24.0 Å². The van der Waals surface area contributed by atoms with Crippen LogP contribution in [0.4, 0.5) is 11.4 Å². The van der Waals surface area contributed by atoms with E-state index < -0.39 is 12.0 Å². The van der Waals surface area contributed by atoms with Gasteiger partial charge in [-0.05, 0) is 66.7 Å². The van der Waals surface area contributed by atoms with Crippen molar-refractivity contribution in [1.82, 2.24) is 9.55 Å². The maximum Gasteiger partial charge on any atom is 0.181 e. The van der Waals surface area contributed by atoms with Crippen LogP contribution in [0.3, 0.4) is 0 Å². The lowest BCUT2D eigenvalue weighted by Crippen LogP contribution is -2.55. The summed E-state index contributed by atoms with van der Waals surface area (Å²) >= 11 is 5.30. The van der Waals surface area contributed by atoms with E-state index in [0.717, 1.165) is 42.7 Å². The van der Waals surface area contributed by atoms with Crippen LogP contribution < -0.4 is 20.1 Å². The smallest absolute Gasteiger partial charge is 0.181 e. The molecule has 2 aliphatic rings. The van der Waals surface area contributed by atoms with E-state index in [9.17, 15) is 9.90 Å². The third-order valence-electron chi connectivity index (χ3n) is 6.95. The van der Waals surface area contributed by atoms with Gasteiger partial charge < -0.3 is 29.8 Å². The van der Waals surface area contributed by atoms with Gasteiger partial charge in [-0.15, -0.1) is 0 Å². The van der Waals surface area contributed by atoms with Gasteiger partial charge in [0, 0.05) is 42.6 Å². The number of carboxylic acids is 1. The fourth-order valence-electron chi connectivity index (χ4n) is 5.42. The third kappa shape index (κ3) is 4.11. The molecule has 2 N–H and O–H groups in total. The molecule has 33 heavy (non-hydrogen) atoms. The predicted molar refractivity (Wildman–Crippen MR) is 128 cm³/mol. The van der Waals surface area contributed by atoms with Crippen LogP contribution in [0.25, 0.3) is 5.69 Å². The molecule has 172 valence electrons. The van der Waals surface area contributed by atoms with E-state index in [2.05, 4.69) is 16.4 Å². The number of aliphatic carboxylic acids is 1. The zero-order valence-corrected chi connectivity index (χ0v) is 19.3. The minimum atomic E-state index is -0.990. The van der Waals surface area contributed by atoms with Crippen molar-refractivity contribution in [3.8, 4) is 11.4 Å². The second-order valence-electron chi connectivity index (χ2n) is 8.80. The summed E-state index contributed by atoms with van der Waals surface area (Å²) < 4.78 is 8.51. The normalized spacial score (nSPS) is 21.7. The van der Waals surface area contributed by atoms with E-state index >= 15 is 0 Å². The Kier molecular flexibility index (Phi) is 5.85. The number of nitrogens with zero attached hydrogens (tertiary/aromatic N) is 2. The second-order valence-corrected chi connectivity index (χ2v) is 9.19. The number of H-pyrrole nitrogens is 1. The Labute approximate surface area is 198 Å². The summed E-state index contributed by atoms with van der Waals surface area (Å²) in [4.78, 5) is 16.8. The Hall–Kier alpha value is -3.26. The van der Waals surface area contributed by atoms with Crippen LogP contribution in [0, 0.1) is 10.7 Å². The average molecular weight is 464 g/mol. The Morgan fingerprint density at radius 3 is 2.88 bits per heavy atom. The van der Waals surface area contributed by atoms with Crippen LogP contribution >= 0.6 is 12.2 Å². The Morgan fingerprint density at radius 1 is 1.24 bits per heavy atom. The predicted octanol–water partition coefficient (Wildman–Crippen LogP) is 3.83. The van der Waals surface area contributed by atoms with E-state index in [4.69, 9.17) is 17.0 Å². The maximum atomic E-state index is 12.0. The van der Waals surface area contributed by atoms with Crippen molar-refractivity contribution >= 4 is 29.6 Å². The molecule has 0 bridgehead atoms. The number of aromatic amines is 1. The number of rotatable bonds is 6. The number of ether oxygens (including phenoxy) is 1. The first kappa shape index (κ1) is 21.6. The van der Waals surface area contributed by atoms with Gasteiger partial charge in [0.25, 0.3) is 0 Å². The van der Waals surface area contributed by atoms with E-state index in [0.29, 0.717) is 10.5 Å². The van der Waals surface area contributed by atoms with E-state index in [1.807, 2.05) is 59.1 Å². The van der Waals surface area contributed by atoms with Crippen LogP contribution in [0.2, 0.25) is 0 Å². The van der Waals surface area contributed by atoms with Crippen molar-refractivity contribution in [3.05, 3.63) is 65.2 Å². The molecule has 7 nitrogen and oxygen atoms in total. The summed E-state index contributed by atoms with van der Waals surface area (Å²) in [5, 5.41) is 15.3. The molecule has 0 radical (unpaired) electrons. The lowest BCUT2D eigenvalue weighted by atomic mass is 9.69. The molecular formula is C25H27N4O3S-. The molecule has 3 aromatic rings. The van der Waals surface area contributed by atoms with Crippen LogP contribution in [-0.4, -0.2) is 35.3 Å². The number of carbonyl (C=O) groups excluding carboxylic acids is 1. The maximum absolute atomic E-state index is 12.0. The topological polar surface area (TPSA) is 85.3 Å². The summed E-state index contributed by atoms with van der Waals surface area (Å²) in [5.74, 6) is 0.0809. The number of hydrogen-bond acceptors (Lipinski definition) is 6. The highest BCUT2D eigenvalue weighted by atomic mass is 32.1. The largest absolute Gasteiger partial charge is 0.548 e. The van der Waals surface area contributed by atoms with Crippen LogP contribution in [0.15, 0.2) is 54.9 Å². The van der Waals surface area contributed by atoms with Gasteiger partial charge in [-0.25, -0.2) is 0 Å². The molecule has 1 aliphatic heterocycles. The molecular weight excluding hydrogens is 436 g/mol. The quantitative estimate of drug-likeness (QED) is 0.427. The number of imidazole rings is 1. The van der Waals surface area contributed by atoms with E-state index in [-0.39, 0.29) is 18.6 Å². The lowest BCUT2D eigenvalue weighted by Gasteiger charge is -2.48. The molecule has 5 rings (SSSR count). The lowest BCUT2D eigenvalue weighted by molar-refractivity contribution is -0.309. The van der Waals surface area contributed by atoms with Crippen LogP contribution in [-0.2, 0) is 4.79 Å². The van der Waals surface area contributed by atoms with Crippen molar-refractivity contribution in [1.29, 1.82) is 0 Å². The fourth-order valence-corrected chi connectivity index (χ4v) is 5.65. The molecule has 0 spiro atoms. The van der Waals surface area contributed by atoms with Crippen molar-refractivity contribution in [2.45, 2.75) is 37.6 Å². The molecule has 0 amide bonds. The van der Waals surface area contributed by atoms with Gasteiger partial charge in [0.2, 0.25) is 0 Å². The summed E-state index contributed by atoms with van der Waals surface area (Å²) in [6.45, 7) is 0.278. The number of fused-ring (bicyclic) bond motifs is 3. The zero-order chi connectivity index (χ0) is 22.9. The molecule has 2 aromatic carbocycles. The number of anilines is 2. The summed E-state index contributed by atoms with van der Waals surface area (Å²) in [5.41, 5.74) is 4.01. The van der Waals surface area contributed by atoms with Gasteiger partial charge in [0.15, 0.2) is 11.5 Å². The number of carboxylic acid groups (broad SMARTS) is 1. The molecule has 8 heteroatoms. The number of likely N-dealkylation sites (N-methyl/N-ethyl adjacent to an activating group) is 1. The minimum absolute atomic E-state index is 0.107.